The van der Waals surface area contributed by atoms with Crippen molar-refractivity contribution in [3.8, 4) is 0 Å². The van der Waals surface area contributed by atoms with Gasteiger partial charge in [-0.25, -0.2) is 14.4 Å². The van der Waals surface area contributed by atoms with Crippen LogP contribution in [0.4, 0.5) is 4.79 Å². The SMILES string of the molecule is CCOC(=O)[C@@H]1OC(C)(C)N(C(=O)OC(C)(C)C)[C@H]1C(=O)O. The molecule has 0 aromatic carbocycles. The van der Waals surface area contributed by atoms with Gasteiger partial charge in [0.2, 0.25) is 0 Å². The summed E-state index contributed by atoms with van der Waals surface area (Å²) in [6, 6.07) is -1.51. The molecule has 0 saturated carbocycles. The Morgan fingerprint density at radius 1 is 1.27 bits per heavy atom. The zero-order valence-electron chi connectivity index (χ0n) is 13.7. The maximum atomic E-state index is 12.3. The number of hydrogen-bond acceptors (Lipinski definition) is 6. The first-order chi connectivity index (χ1) is 9.90. The second kappa shape index (κ2) is 6.12. The van der Waals surface area contributed by atoms with E-state index in [2.05, 4.69) is 0 Å². The number of aliphatic carboxylic acids is 1. The number of nitrogens with zero attached hydrogens (tertiary/aromatic N) is 1. The average molecular weight is 317 g/mol. The van der Waals surface area contributed by atoms with Crippen molar-refractivity contribution >= 4 is 18.0 Å². The lowest BCUT2D eigenvalue weighted by atomic mass is 10.1. The molecular weight excluding hydrogens is 294 g/mol. The van der Waals surface area contributed by atoms with E-state index in [1.165, 1.54) is 13.8 Å². The molecule has 1 fully saturated rings. The summed E-state index contributed by atoms with van der Waals surface area (Å²) in [5, 5.41) is 9.41. The summed E-state index contributed by atoms with van der Waals surface area (Å²) in [4.78, 5) is 36.7. The number of carboxylic acids is 1. The number of carbonyl (C=O) groups excluding carboxylic acids is 2. The van der Waals surface area contributed by atoms with Crippen molar-refractivity contribution in [1.29, 1.82) is 0 Å². The third-order valence-corrected chi connectivity index (χ3v) is 2.92. The molecule has 0 aliphatic carbocycles. The Kier molecular flexibility index (Phi) is 5.06. The number of carboxylic acid groups (broad SMARTS) is 1. The molecule has 1 aliphatic rings. The Balaban J connectivity index is 3.14. The van der Waals surface area contributed by atoms with Crippen LogP contribution in [0.2, 0.25) is 0 Å². The fourth-order valence-corrected chi connectivity index (χ4v) is 2.19. The molecule has 0 aromatic heterocycles. The molecule has 1 N–H and O–H groups in total. The molecule has 1 saturated heterocycles. The average Bonchev–Trinajstić information content (AvgIpc) is 2.59. The molecule has 1 heterocycles. The largest absolute Gasteiger partial charge is 0.480 e. The lowest BCUT2D eigenvalue weighted by Crippen LogP contribution is -2.53. The van der Waals surface area contributed by atoms with Gasteiger partial charge < -0.3 is 19.3 Å². The quantitative estimate of drug-likeness (QED) is 0.784. The first-order valence-corrected chi connectivity index (χ1v) is 7.00. The third-order valence-electron chi connectivity index (χ3n) is 2.92. The van der Waals surface area contributed by atoms with Crippen molar-refractivity contribution in [2.75, 3.05) is 6.61 Å². The summed E-state index contributed by atoms with van der Waals surface area (Å²) < 4.78 is 15.5. The maximum absolute atomic E-state index is 12.3. The molecule has 8 nitrogen and oxygen atoms in total. The van der Waals surface area contributed by atoms with Gasteiger partial charge in [-0.3, -0.25) is 4.90 Å². The van der Waals surface area contributed by atoms with E-state index in [4.69, 9.17) is 14.2 Å². The van der Waals surface area contributed by atoms with Gasteiger partial charge in [-0.2, -0.15) is 0 Å². The highest BCUT2D eigenvalue weighted by Gasteiger charge is 2.57. The second-order valence-electron chi connectivity index (χ2n) is 6.37. The second-order valence-corrected chi connectivity index (χ2v) is 6.37. The van der Waals surface area contributed by atoms with Crippen molar-refractivity contribution in [2.24, 2.45) is 0 Å². The summed E-state index contributed by atoms with van der Waals surface area (Å²) in [6.07, 6.45) is -2.27. The van der Waals surface area contributed by atoms with Crippen molar-refractivity contribution in [2.45, 2.75) is 65.0 Å². The summed E-state index contributed by atoms with van der Waals surface area (Å²) in [5.74, 6) is -2.19. The van der Waals surface area contributed by atoms with Gasteiger partial charge in [-0.15, -0.1) is 0 Å². The van der Waals surface area contributed by atoms with Crippen LogP contribution in [0, 0.1) is 0 Å². The molecule has 1 rings (SSSR count). The van der Waals surface area contributed by atoms with Gasteiger partial charge in [0.05, 0.1) is 6.61 Å². The summed E-state index contributed by atoms with van der Waals surface area (Å²) in [6.45, 7) is 9.64. The molecule has 8 heteroatoms. The number of amides is 1. The fourth-order valence-electron chi connectivity index (χ4n) is 2.19. The van der Waals surface area contributed by atoms with E-state index in [-0.39, 0.29) is 6.61 Å². The predicted octanol–water partition coefficient (Wildman–Crippen LogP) is 1.37. The van der Waals surface area contributed by atoms with Gasteiger partial charge in [0, 0.05) is 0 Å². The Bertz CT molecular complexity index is 466. The van der Waals surface area contributed by atoms with Crippen LogP contribution >= 0.6 is 0 Å². The number of carbonyl (C=O) groups is 3. The van der Waals surface area contributed by atoms with E-state index in [1.807, 2.05) is 0 Å². The van der Waals surface area contributed by atoms with Gasteiger partial charge >= 0.3 is 18.0 Å². The van der Waals surface area contributed by atoms with Crippen LogP contribution in [0.3, 0.4) is 0 Å². The molecule has 0 radical (unpaired) electrons. The van der Waals surface area contributed by atoms with Gasteiger partial charge in [0.1, 0.15) is 11.3 Å². The Morgan fingerprint density at radius 3 is 2.23 bits per heavy atom. The lowest BCUT2D eigenvalue weighted by Gasteiger charge is -2.33. The zero-order chi connectivity index (χ0) is 17.3. The maximum Gasteiger partial charge on any atom is 0.413 e. The highest BCUT2D eigenvalue weighted by Crippen LogP contribution is 2.34. The molecule has 126 valence electrons. The van der Waals surface area contributed by atoms with Crippen LogP contribution in [0.15, 0.2) is 0 Å². The number of hydrogen-bond donors (Lipinski definition) is 1. The Morgan fingerprint density at radius 2 is 1.82 bits per heavy atom. The van der Waals surface area contributed by atoms with Gasteiger partial charge in [0.15, 0.2) is 12.1 Å². The predicted molar refractivity (Wildman–Crippen MR) is 75.1 cm³/mol. The van der Waals surface area contributed by atoms with Crippen LogP contribution in [0.5, 0.6) is 0 Å². The van der Waals surface area contributed by atoms with Crippen molar-refractivity contribution in [3.63, 3.8) is 0 Å². The first kappa shape index (κ1) is 18.2. The topological polar surface area (TPSA) is 102 Å². The van der Waals surface area contributed by atoms with Crippen molar-refractivity contribution < 1.29 is 33.7 Å². The van der Waals surface area contributed by atoms with Crippen molar-refractivity contribution in [3.05, 3.63) is 0 Å². The van der Waals surface area contributed by atoms with Crippen LogP contribution in [0.1, 0.15) is 41.5 Å². The van der Waals surface area contributed by atoms with E-state index < -0.39 is 41.5 Å². The molecule has 1 amide bonds. The summed E-state index contributed by atoms with van der Waals surface area (Å²) >= 11 is 0. The number of ether oxygens (including phenoxy) is 3. The fraction of sp³-hybridized carbons (Fsp3) is 0.786. The monoisotopic (exact) mass is 317 g/mol. The normalized spacial score (nSPS) is 24.0. The molecule has 22 heavy (non-hydrogen) atoms. The molecule has 0 unspecified atom stereocenters. The minimum atomic E-state index is -1.51. The molecule has 0 bridgehead atoms. The number of rotatable bonds is 3. The summed E-state index contributed by atoms with van der Waals surface area (Å²) in [7, 11) is 0. The van der Waals surface area contributed by atoms with Gasteiger partial charge in [0.25, 0.3) is 0 Å². The zero-order valence-corrected chi connectivity index (χ0v) is 13.7. The van der Waals surface area contributed by atoms with Crippen LogP contribution in [0.25, 0.3) is 0 Å². The van der Waals surface area contributed by atoms with Crippen LogP contribution in [-0.2, 0) is 23.8 Å². The summed E-state index contributed by atoms with van der Waals surface area (Å²) in [5.41, 5.74) is -2.12. The third kappa shape index (κ3) is 3.88. The van der Waals surface area contributed by atoms with Crippen LogP contribution in [-0.4, -0.2) is 58.1 Å². The minimum Gasteiger partial charge on any atom is -0.480 e. The molecule has 1 aliphatic heterocycles. The van der Waals surface area contributed by atoms with E-state index in [0.29, 0.717) is 0 Å². The molecule has 0 aromatic rings. The first-order valence-electron chi connectivity index (χ1n) is 7.00. The highest BCUT2D eigenvalue weighted by atomic mass is 16.6. The molecule has 0 spiro atoms. The minimum absolute atomic E-state index is 0.0812. The molecule has 2 atom stereocenters. The molecular formula is C14H23NO7. The lowest BCUT2D eigenvalue weighted by molar-refractivity contribution is -0.163. The van der Waals surface area contributed by atoms with Gasteiger partial charge in [-0.1, -0.05) is 0 Å². The smallest absolute Gasteiger partial charge is 0.413 e. The Hall–Kier alpha value is -1.83. The van der Waals surface area contributed by atoms with Gasteiger partial charge in [-0.05, 0) is 41.5 Å². The van der Waals surface area contributed by atoms with E-state index in [9.17, 15) is 19.5 Å². The van der Waals surface area contributed by atoms with E-state index in [1.54, 1.807) is 27.7 Å². The van der Waals surface area contributed by atoms with Crippen LogP contribution < -0.4 is 0 Å². The number of esters is 1. The van der Waals surface area contributed by atoms with E-state index in [0.717, 1.165) is 4.90 Å². The standard InChI is InChI=1S/C14H23NO7/c1-7-20-11(18)9-8(10(16)17)15(14(5,6)21-9)12(19)22-13(2,3)4/h8-9H,7H2,1-6H3,(H,16,17)/t8-,9-/m1/s1. The highest BCUT2D eigenvalue weighted by molar-refractivity contribution is 5.89. The Labute approximate surface area is 129 Å². The van der Waals surface area contributed by atoms with E-state index >= 15 is 0 Å². The van der Waals surface area contributed by atoms with Crippen molar-refractivity contribution in [1.82, 2.24) is 4.90 Å².